The van der Waals surface area contributed by atoms with Crippen molar-refractivity contribution in [3.05, 3.63) is 200 Å². The Kier molecular flexibility index (Phi) is 7.47. The first-order valence-corrected chi connectivity index (χ1v) is 20.4. The number of benzene rings is 9. The lowest BCUT2D eigenvalue weighted by Crippen LogP contribution is -2.57. The van der Waals surface area contributed by atoms with E-state index in [1.165, 1.54) is 30.9 Å². The van der Waals surface area contributed by atoms with Crippen LogP contribution >= 0.6 is 11.3 Å². The van der Waals surface area contributed by atoms with Crippen molar-refractivity contribution in [3.8, 4) is 23.0 Å². The number of anilines is 6. The van der Waals surface area contributed by atoms with E-state index >= 15 is 0 Å². The van der Waals surface area contributed by atoms with Gasteiger partial charge in [-0.3, -0.25) is 0 Å². The maximum atomic E-state index is 6.77. The molecule has 4 nitrogen and oxygen atoms in total. The van der Waals surface area contributed by atoms with E-state index in [2.05, 4.69) is 204 Å². The molecule has 58 heavy (non-hydrogen) atoms. The van der Waals surface area contributed by atoms with Gasteiger partial charge in [-0.05, 0) is 113 Å². The number of hydrogen-bond donors (Lipinski definition) is 0. The van der Waals surface area contributed by atoms with Crippen molar-refractivity contribution in [2.75, 3.05) is 9.80 Å². The fraction of sp³-hybridized carbons (Fsp3) is 0. The first-order valence-electron chi connectivity index (χ1n) is 19.6. The molecule has 2 aliphatic heterocycles. The summed E-state index contributed by atoms with van der Waals surface area (Å²) in [5.74, 6) is 3.43. The molecule has 0 N–H and O–H groups in total. The third-order valence-corrected chi connectivity index (χ3v) is 12.7. The lowest BCUT2D eigenvalue weighted by atomic mass is 9.35. The topological polar surface area (TPSA) is 24.9 Å². The molecule has 3 heterocycles. The van der Waals surface area contributed by atoms with Crippen LogP contribution in [0, 0.1) is 0 Å². The van der Waals surface area contributed by atoms with Crippen LogP contribution in [-0.4, -0.2) is 6.71 Å². The van der Waals surface area contributed by atoms with E-state index in [4.69, 9.17) is 9.47 Å². The van der Waals surface area contributed by atoms with Gasteiger partial charge in [-0.15, -0.1) is 11.3 Å². The third kappa shape index (κ3) is 5.23. The first-order chi connectivity index (χ1) is 28.7. The van der Waals surface area contributed by atoms with Crippen LogP contribution in [0.2, 0.25) is 0 Å². The van der Waals surface area contributed by atoms with Gasteiger partial charge in [0.1, 0.15) is 23.0 Å². The summed E-state index contributed by atoms with van der Waals surface area (Å²) < 4.78 is 16.1. The Morgan fingerprint density at radius 1 is 0.362 bits per heavy atom. The fourth-order valence-electron chi connectivity index (χ4n) is 8.94. The third-order valence-electron chi connectivity index (χ3n) is 11.5. The van der Waals surface area contributed by atoms with Crippen LogP contribution in [-0.2, 0) is 0 Å². The van der Waals surface area contributed by atoms with E-state index in [1.807, 2.05) is 17.4 Å². The van der Waals surface area contributed by atoms with Crippen molar-refractivity contribution in [1.82, 2.24) is 0 Å². The van der Waals surface area contributed by atoms with Gasteiger partial charge in [-0.1, -0.05) is 103 Å². The molecule has 12 rings (SSSR count). The number of nitrogens with zero attached hydrogens (tertiary/aromatic N) is 2. The minimum atomic E-state index is -0.0366. The summed E-state index contributed by atoms with van der Waals surface area (Å²) in [7, 11) is 0. The zero-order valence-corrected chi connectivity index (χ0v) is 32.1. The van der Waals surface area contributed by atoms with E-state index in [0.29, 0.717) is 0 Å². The maximum absolute atomic E-state index is 6.77. The molecule has 0 spiro atoms. The molecule has 0 radical (unpaired) electrons. The van der Waals surface area contributed by atoms with E-state index in [9.17, 15) is 0 Å². The van der Waals surface area contributed by atoms with Crippen molar-refractivity contribution >= 4 is 99.5 Å². The van der Waals surface area contributed by atoms with Gasteiger partial charge in [0.25, 0.3) is 6.71 Å². The Bertz CT molecular complexity index is 3110. The van der Waals surface area contributed by atoms with Gasteiger partial charge in [0, 0.05) is 65.8 Å². The summed E-state index contributed by atoms with van der Waals surface area (Å²) in [6.07, 6.45) is 0. The zero-order valence-electron chi connectivity index (χ0n) is 31.2. The second-order valence-electron chi connectivity index (χ2n) is 14.9. The van der Waals surface area contributed by atoms with Gasteiger partial charge in [0.2, 0.25) is 0 Å². The molecular weight excluding hydrogens is 727 g/mol. The lowest BCUT2D eigenvalue weighted by Gasteiger charge is -2.34. The molecule has 0 bridgehead atoms. The molecule has 6 heteroatoms. The summed E-state index contributed by atoms with van der Waals surface area (Å²) in [4.78, 5) is 4.60. The average Bonchev–Trinajstić information content (AvgIpc) is 3.65. The molecule has 1 aromatic heterocycles. The number of thiophene rings is 1. The minimum Gasteiger partial charge on any atom is -0.458 e. The van der Waals surface area contributed by atoms with Crippen molar-refractivity contribution in [2.24, 2.45) is 0 Å². The smallest absolute Gasteiger partial charge is 0.260 e. The van der Waals surface area contributed by atoms with Gasteiger partial charge in [-0.25, -0.2) is 0 Å². The SMILES string of the molecule is c1ccc(N(c2ccccc2)c2ccc3c(c2)Oc2cccc4c2B3c2cc3sc5c6ccc(N(c7ccccc7)c7ccccc7)cc6ccc5c3cc2O4)cc1. The molecule has 0 unspecified atom stereocenters. The molecule has 0 aliphatic carbocycles. The fourth-order valence-corrected chi connectivity index (χ4v) is 10.2. The highest BCUT2D eigenvalue weighted by Gasteiger charge is 2.40. The number of rotatable bonds is 6. The largest absolute Gasteiger partial charge is 0.458 e. The van der Waals surface area contributed by atoms with Crippen LogP contribution in [0.5, 0.6) is 23.0 Å². The maximum Gasteiger partial charge on any atom is 0.260 e. The van der Waals surface area contributed by atoms with Crippen LogP contribution in [0.25, 0.3) is 30.9 Å². The molecule has 0 atom stereocenters. The highest BCUT2D eigenvalue weighted by Crippen LogP contribution is 2.45. The number of hydrogen-bond acceptors (Lipinski definition) is 5. The normalized spacial score (nSPS) is 12.4. The van der Waals surface area contributed by atoms with Crippen LogP contribution in [0.4, 0.5) is 34.1 Å². The average molecular weight is 761 g/mol. The zero-order chi connectivity index (χ0) is 38.2. The van der Waals surface area contributed by atoms with Gasteiger partial charge < -0.3 is 19.3 Å². The van der Waals surface area contributed by atoms with Crippen LogP contribution in [0.3, 0.4) is 0 Å². The van der Waals surface area contributed by atoms with Crippen molar-refractivity contribution in [2.45, 2.75) is 0 Å². The predicted octanol–water partition coefficient (Wildman–Crippen LogP) is 12.9. The molecule has 0 fully saturated rings. The summed E-state index contributed by atoms with van der Waals surface area (Å²) in [6, 6.07) is 71.0. The van der Waals surface area contributed by atoms with Crippen molar-refractivity contribution in [1.29, 1.82) is 0 Å². The van der Waals surface area contributed by atoms with Crippen LogP contribution in [0.1, 0.15) is 0 Å². The molecule has 0 amide bonds. The molecular formula is C52H33BN2O2S. The molecule has 0 saturated heterocycles. The Labute approximate surface area is 340 Å². The number of para-hydroxylation sites is 4. The first kappa shape index (κ1) is 32.9. The Balaban J connectivity index is 0.984. The van der Waals surface area contributed by atoms with Crippen molar-refractivity contribution < 1.29 is 9.47 Å². The summed E-state index contributed by atoms with van der Waals surface area (Å²) in [6.45, 7) is -0.0366. The minimum absolute atomic E-state index is 0.0366. The van der Waals surface area contributed by atoms with E-state index < -0.39 is 0 Å². The quantitative estimate of drug-likeness (QED) is 0.158. The highest BCUT2D eigenvalue weighted by molar-refractivity contribution is 7.26. The summed E-state index contributed by atoms with van der Waals surface area (Å²) in [5, 5.41) is 4.91. The molecule has 10 aromatic rings. The summed E-state index contributed by atoms with van der Waals surface area (Å²) >= 11 is 1.86. The van der Waals surface area contributed by atoms with Crippen molar-refractivity contribution in [3.63, 3.8) is 0 Å². The molecule has 272 valence electrons. The number of ether oxygens (including phenoxy) is 2. The monoisotopic (exact) mass is 760 g/mol. The molecule has 2 aliphatic rings. The Morgan fingerprint density at radius 3 is 1.47 bits per heavy atom. The lowest BCUT2D eigenvalue weighted by molar-refractivity contribution is 0.465. The Hall–Kier alpha value is -7.28. The second kappa shape index (κ2) is 13.2. The summed E-state index contributed by atoms with van der Waals surface area (Å²) in [5.41, 5.74) is 9.96. The van der Waals surface area contributed by atoms with Crippen LogP contribution < -0.4 is 35.7 Å². The Morgan fingerprint density at radius 2 is 0.879 bits per heavy atom. The predicted molar refractivity (Wildman–Crippen MR) is 244 cm³/mol. The molecule has 0 saturated carbocycles. The highest BCUT2D eigenvalue weighted by atomic mass is 32.1. The standard InChI is InChI=1S/C52H33BN2O2S/c1-5-14-35(15-6-1)54(36-16-7-2-8-17-36)39-25-28-41-34(30-39)24-27-42-43-32-49-45(33-50(43)58-52(41)42)53-44-29-26-40(31-48(44)56-46-22-13-23-47(57-49)51(46)53)55(37-18-9-3-10-19-37)38-20-11-4-12-21-38/h1-33H. The van der Waals surface area contributed by atoms with Gasteiger partial charge in [0.15, 0.2) is 0 Å². The van der Waals surface area contributed by atoms with Gasteiger partial charge >= 0.3 is 0 Å². The van der Waals surface area contributed by atoms with Gasteiger partial charge in [-0.2, -0.15) is 0 Å². The molecule has 9 aromatic carbocycles. The number of fused-ring (bicyclic) bond motifs is 9. The second-order valence-corrected chi connectivity index (χ2v) is 15.9. The van der Waals surface area contributed by atoms with Crippen LogP contribution in [0.15, 0.2) is 200 Å². The van der Waals surface area contributed by atoms with E-state index in [-0.39, 0.29) is 6.71 Å². The van der Waals surface area contributed by atoms with Gasteiger partial charge in [0.05, 0.1) is 0 Å². The van der Waals surface area contributed by atoms with E-state index in [1.54, 1.807) is 0 Å². The van der Waals surface area contributed by atoms with E-state index in [0.717, 1.165) is 73.5 Å².